The Balaban J connectivity index is 2.06. The van der Waals surface area contributed by atoms with Crippen LogP contribution in [0.2, 0.25) is 0 Å². The lowest BCUT2D eigenvalue weighted by Crippen LogP contribution is -2.63. The summed E-state index contributed by atoms with van der Waals surface area (Å²) in [6.45, 7) is 1.42. The Kier molecular flexibility index (Phi) is 3.39. The average molecular weight is 234 g/mol. The molecule has 2 aliphatic rings. The second-order valence-electron chi connectivity index (χ2n) is 4.27. The lowest BCUT2D eigenvalue weighted by atomic mass is 9.91. The van der Waals surface area contributed by atoms with Crippen molar-refractivity contribution in [2.75, 3.05) is 32.8 Å². The standard InChI is InChI=1S/C10H16F2N2O2/c11-8(12)6-14-4-5-16-10(9(14)15)2-1-3-13-7-10/h8,13H,1-7H2/t10-/m1/s1. The van der Waals surface area contributed by atoms with Gasteiger partial charge >= 0.3 is 0 Å². The molecule has 0 aliphatic carbocycles. The number of alkyl halides is 2. The van der Waals surface area contributed by atoms with Crippen LogP contribution in [0.4, 0.5) is 8.78 Å². The van der Waals surface area contributed by atoms with Crippen molar-refractivity contribution in [3.05, 3.63) is 0 Å². The molecule has 0 radical (unpaired) electrons. The van der Waals surface area contributed by atoms with Gasteiger partial charge in [-0.1, -0.05) is 0 Å². The monoisotopic (exact) mass is 234 g/mol. The molecule has 2 heterocycles. The van der Waals surface area contributed by atoms with Crippen molar-refractivity contribution < 1.29 is 18.3 Å². The molecule has 0 unspecified atom stereocenters. The number of nitrogens with zero attached hydrogens (tertiary/aromatic N) is 1. The molecule has 1 N–H and O–H groups in total. The van der Waals surface area contributed by atoms with E-state index in [1.54, 1.807) is 0 Å². The number of morpholine rings is 1. The van der Waals surface area contributed by atoms with Gasteiger partial charge in [-0.2, -0.15) is 0 Å². The van der Waals surface area contributed by atoms with E-state index < -0.39 is 18.6 Å². The first-order valence-corrected chi connectivity index (χ1v) is 5.56. The highest BCUT2D eigenvalue weighted by Crippen LogP contribution is 2.27. The first-order chi connectivity index (χ1) is 7.64. The van der Waals surface area contributed by atoms with Gasteiger partial charge in [0.1, 0.15) is 0 Å². The summed E-state index contributed by atoms with van der Waals surface area (Å²) in [5, 5.41) is 3.09. The van der Waals surface area contributed by atoms with E-state index in [2.05, 4.69) is 5.32 Å². The number of ether oxygens (including phenoxy) is 1. The molecular formula is C10H16F2N2O2. The van der Waals surface area contributed by atoms with Gasteiger partial charge in [0, 0.05) is 13.1 Å². The number of halogens is 2. The summed E-state index contributed by atoms with van der Waals surface area (Å²) in [5.41, 5.74) is -0.884. The Morgan fingerprint density at radius 1 is 1.56 bits per heavy atom. The first kappa shape index (κ1) is 11.7. The van der Waals surface area contributed by atoms with Gasteiger partial charge in [-0.25, -0.2) is 8.78 Å². The minimum Gasteiger partial charge on any atom is -0.362 e. The summed E-state index contributed by atoms with van der Waals surface area (Å²) in [7, 11) is 0. The number of carbonyl (C=O) groups is 1. The molecule has 2 fully saturated rings. The maximum atomic E-state index is 12.3. The zero-order valence-electron chi connectivity index (χ0n) is 9.05. The Hall–Kier alpha value is -0.750. The van der Waals surface area contributed by atoms with Crippen molar-refractivity contribution in [1.29, 1.82) is 0 Å². The van der Waals surface area contributed by atoms with Crippen molar-refractivity contribution in [2.24, 2.45) is 0 Å². The van der Waals surface area contributed by atoms with Crippen LogP contribution >= 0.6 is 0 Å². The zero-order valence-corrected chi connectivity index (χ0v) is 9.05. The van der Waals surface area contributed by atoms with Crippen LogP contribution in [0.3, 0.4) is 0 Å². The number of amides is 1. The van der Waals surface area contributed by atoms with Crippen LogP contribution in [0.25, 0.3) is 0 Å². The molecule has 0 aromatic carbocycles. The Bertz CT molecular complexity index is 262. The lowest BCUT2D eigenvalue weighted by Gasteiger charge is -2.43. The minimum absolute atomic E-state index is 0.269. The number of piperidine rings is 1. The number of hydrogen-bond donors (Lipinski definition) is 1. The number of hydrogen-bond acceptors (Lipinski definition) is 3. The summed E-state index contributed by atoms with van der Waals surface area (Å²) < 4.78 is 30.1. The Morgan fingerprint density at radius 2 is 2.38 bits per heavy atom. The molecule has 4 nitrogen and oxygen atoms in total. The van der Waals surface area contributed by atoms with Gasteiger partial charge < -0.3 is 15.0 Å². The minimum atomic E-state index is -2.48. The van der Waals surface area contributed by atoms with Gasteiger partial charge in [-0.05, 0) is 19.4 Å². The Labute approximate surface area is 92.9 Å². The topological polar surface area (TPSA) is 41.6 Å². The summed E-state index contributed by atoms with van der Waals surface area (Å²) in [6.07, 6.45) is -1.01. The fourth-order valence-corrected chi connectivity index (χ4v) is 2.33. The van der Waals surface area contributed by atoms with Crippen molar-refractivity contribution in [3.8, 4) is 0 Å². The zero-order chi connectivity index (χ0) is 11.6. The van der Waals surface area contributed by atoms with Crippen molar-refractivity contribution in [3.63, 3.8) is 0 Å². The highest BCUT2D eigenvalue weighted by molar-refractivity contribution is 5.86. The van der Waals surface area contributed by atoms with Crippen molar-refractivity contribution >= 4 is 5.91 Å². The van der Waals surface area contributed by atoms with Gasteiger partial charge in [0.15, 0.2) is 5.60 Å². The quantitative estimate of drug-likeness (QED) is 0.743. The lowest BCUT2D eigenvalue weighted by molar-refractivity contribution is -0.177. The van der Waals surface area contributed by atoms with Crippen LogP contribution in [0.1, 0.15) is 12.8 Å². The summed E-state index contributed by atoms with van der Waals surface area (Å²) in [5.74, 6) is -0.286. The molecule has 92 valence electrons. The maximum Gasteiger partial charge on any atom is 0.256 e. The molecule has 6 heteroatoms. The Morgan fingerprint density at radius 3 is 3.00 bits per heavy atom. The summed E-state index contributed by atoms with van der Waals surface area (Å²) in [4.78, 5) is 13.3. The van der Waals surface area contributed by atoms with Crippen LogP contribution in [0, 0.1) is 0 Å². The third kappa shape index (κ3) is 2.17. The fraction of sp³-hybridized carbons (Fsp3) is 0.900. The SMILES string of the molecule is O=C1N(CC(F)F)CCO[C@@]12CCCNC2. The molecule has 1 amide bonds. The molecule has 0 saturated carbocycles. The molecule has 0 aromatic rings. The van der Waals surface area contributed by atoms with Crippen LogP contribution in [-0.2, 0) is 9.53 Å². The number of rotatable bonds is 2. The van der Waals surface area contributed by atoms with E-state index in [1.165, 1.54) is 4.90 Å². The molecule has 0 bridgehead atoms. The molecule has 2 rings (SSSR count). The van der Waals surface area contributed by atoms with Gasteiger partial charge in [0.05, 0.1) is 13.2 Å². The number of nitrogens with one attached hydrogen (secondary N) is 1. The normalized spacial score (nSPS) is 31.4. The fourth-order valence-electron chi connectivity index (χ4n) is 2.33. The van der Waals surface area contributed by atoms with E-state index in [0.29, 0.717) is 19.6 Å². The van der Waals surface area contributed by atoms with Gasteiger partial charge in [0.25, 0.3) is 12.3 Å². The van der Waals surface area contributed by atoms with Crippen LogP contribution in [-0.4, -0.2) is 55.6 Å². The van der Waals surface area contributed by atoms with E-state index in [1.807, 2.05) is 0 Å². The average Bonchev–Trinajstić information content (AvgIpc) is 2.26. The van der Waals surface area contributed by atoms with Crippen molar-refractivity contribution in [2.45, 2.75) is 24.9 Å². The van der Waals surface area contributed by atoms with E-state index >= 15 is 0 Å². The molecule has 2 saturated heterocycles. The number of carbonyl (C=O) groups excluding carboxylic acids is 1. The third-order valence-electron chi connectivity index (χ3n) is 3.12. The molecule has 0 aromatic heterocycles. The van der Waals surface area contributed by atoms with Gasteiger partial charge in [-0.15, -0.1) is 0 Å². The predicted octanol–water partition coefficient (Wildman–Crippen LogP) is 0.232. The summed E-state index contributed by atoms with van der Waals surface area (Å²) in [6, 6.07) is 0. The van der Waals surface area contributed by atoms with Crippen LogP contribution in [0.5, 0.6) is 0 Å². The van der Waals surface area contributed by atoms with E-state index in [9.17, 15) is 13.6 Å². The molecule has 1 spiro atoms. The highest BCUT2D eigenvalue weighted by atomic mass is 19.3. The largest absolute Gasteiger partial charge is 0.362 e. The predicted molar refractivity (Wildman–Crippen MR) is 53.4 cm³/mol. The smallest absolute Gasteiger partial charge is 0.256 e. The molecular weight excluding hydrogens is 218 g/mol. The van der Waals surface area contributed by atoms with Gasteiger partial charge in [0.2, 0.25) is 0 Å². The van der Waals surface area contributed by atoms with Crippen LogP contribution < -0.4 is 5.32 Å². The van der Waals surface area contributed by atoms with Gasteiger partial charge in [-0.3, -0.25) is 4.79 Å². The first-order valence-electron chi connectivity index (χ1n) is 5.56. The van der Waals surface area contributed by atoms with E-state index in [0.717, 1.165) is 13.0 Å². The van der Waals surface area contributed by atoms with Crippen LogP contribution in [0.15, 0.2) is 0 Å². The van der Waals surface area contributed by atoms with E-state index in [-0.39, 0.29) is 12.5 Å². The second kappa shape index (κ2) is 4.63. The molecule has 2 aliphatic heterocycles. The second-order valence-corrected chi connectivity index (χ2v) is 4.27. The highest BCUT2D eigenvalue weighted by Gasteiger charge is 2.46. The molecule has 16 heavy (non-hydrogen) atoms. The maximum absolute atomic E-state index is 12.3. The third-order valence-corrected chi connectivity index (χ3v) is 3.12. The molecule has 1 atom stereocenters. The van der Waals surface area contributed by atoms with E-state index in [4.69, 9.17) is 4.74 Å². The summed E-state index contributed by atoms with van der Waals surface area (Å²) >= 11 is 0. The van der Waals surface area contributed by atoms with Crippen molar-refractivity contribution in [1.82, 2.24) is 10.2 Å².